The summed E-state index contributed by atoms with van der Waals surface area (Å²) in [5.74, 6) is 0.310. The van der Waals surface area contributed by atoms with Crippen molar-refractivity contribution in [2.24, 2.45) is 10.8 Å². The average Bonchev–Trinajstić information content (AvgIpc) is 2.13. The topological polar surface area (TPSA) is 20.3 Å². The van der Waals surface area contributed by atoms with Gasteiger partial charge in [-0.15, -0.1) is 0 Å². The highest BCUT2D eigenvalue weighted by Gasteiger charge is 2.39. The van der Waals surface area contributed by atoms with Crippen LogP contribution >= 0.6 is 0 Å². The minimum Gasteiger partial charge on any atom is -0.337 e. The summed E-state index contributed by atoms with van der Waals surface area (Å²) in [6.07, 6.45) is 1.84. The van der Waals surface area contributed by atoms with Gasteiger partial charge < -0.3 is 4.90 Å². The average molecular weight is 255 g/mol. The molecule has 0 heterocycles. The molecule has 0 rings (SSSR count). The highest BCUT2D eigenvalue weighted by Crippen LogP contribution is 2.38. The Kier molecular flexibility index (Phi) is 5.90. The number of carbonyl (C=O) groups excluding carboxylic acids is 1. The van der Waals surface area contributed by atoms with Crippen LogP contribution in [0.4, 0.5) is 0 Å². The summed E-state index contributed by atoms with van der Waals surface area (Å²) < 4.78 is 0. The second-order valence-electron chi connectivity index (χ2n) is 7.55. The van der Waals surface area contributed by atoms with E-state index in [4.69, 9.17) is 0 Å². The third-order valence-corrected chi connectivity index (χ3v) is 3.56. The van der Waals surface area contributed by atoms with Crippen molar-refractivity contribution in [3.63, 3.8) is 0 Å². The van der Waals surface area contributed by atoms with E-state index in [1.54, 1.807) is 0 Å². The molecule has 108 valence electrons. The highest BCUT2D eigenvalue weighted by molar-refractivity contribution is 5.82. The Bertz CT molecular complexity index is 267. The SMILES string of the molecule is CCC(C)(CC(C)(C)C)C(=O)N(C(C)C)C(C)C. The van der Waals surface area contributed by atoms with E-state index in [2.05, 4.69) is 62.3 Å². The smallest absolute Gasteiger partial charge is 0.228 e. The van der Waals surface area contributed by atoms with Crippen molar-refractivity contribution in [1.29, 1.82) is 0 Å². The number of hydrogen-bond donors (Lipinski definition) is 0. The summed E-state index contributed by atoms with van der Waals surface area (Å²) in [5, 5.41) is 0. The van der Waals surface area contributed by atoms with Gasteiger partial charge in [0.1, 0.15) is 0 Å². The monoisotopic (exact) mass is 255 g/mol. The van der Waals surface area contributed by atoms with Gasteiger partial charge in [-0.1, -0.05) is 34.6 Å². The quantitative estimate of drug-likeness (QED) is 0.709. The summed E-state index contributed by atoms with van der Waals surface area (Å²) in [6.45, 7) is 19.3. The molecule has 2 heteroatoms. The van der Waals surface area contributed by atoms with Crippen LogP contribution in [-0.4, -0.2) is 22.9 Å². The minimum atomic E-state index is -0.243. The van der Waals surface area contributed by atoms with Crippen LogP contribution in [0.1, 0.15) is 75.2 Å². The van der Waals surface area contributed by atoms with Crippen molar-refractivity contribution in [2.45, 2.75) is 87.2 Å². The van der Waals surface area contributed by atoms with Gasteiger partial charge in [-0.05, 0) is 46.0 Å². The Labute approximate surface area is 114 Å². The molecule has 0 aliphatic heterocycles. The van der Waals surface area contributed by atoms with Crippen LogP contribution in [0.25, 0.3) is 0 Å². The van der Waals surface area contributed by atoms with E-state index in [0.29, 0.717) is 5.91 Å². The Morgan fingerprint density at radius 2 is 1.39 bits per heavy atom. The van der Waals surface area contributed by atoms with Gasteiger partial charge in [0, 0.05) is 17.5 Å². The van der Waals surface area contributed by atoms with E-state index in [1.807, 2.05) is 4.90 Å². The summed E-state index contributed by atoms with van der Waals surface area (Å²) in [6, 6.07) is 0.534. The van der Waals surface area contributed by atoms with Crippen molar-refractivity contribution in [3.8, 4) is 0 Å². The molecule has 18 heavy (non-hydrogen) atoms. The Morgan fingerprint density at radius 1 is 1.00 bits per heavy atom. The molecule has 1 atom stereocenters. The Balaban J connectivity index is 5.21. The van der Waals surface area contributed by atoms with Crippen molar-refractivity contribution >= 4 is 5.91 Å². The maximum absolute atomic E-state index is 12.9. The lowest BCUT2D eigenvalue weighted by Crippen LogP contribution is -2.50. The largest absolute Gasteiger partial charge is 0.337 e. The molecule has 0 saturated heterocycles. The van der Waals surface area contributed by atoms with Crippen molar-refractivity contribution in [1.82, 2.24) is 4.90 Å². The first-order valence-electron chi connectivity index (χ1n) is 7.27. The highest BCUT2D eigenvalue weighted by atomic mass is 16.2. The molecule has 0 N–H and O–H groups in total. The van der Waals surface area contributed by atoms with Gasteiger partial charge in [-0.3, -0.25) is 4.79 Å². The van der Waals surface area contributed by atoms with Crippen molar-refractivity contribution in [3.05, 3.63) is 0 Å². The summed E-state index contributed by atoms with van der Waals surface area (Å²) in [4.78, 5) is 14.9. The fourth-order valence-corrected chi connectivity index (χ4v) is 2.90. The van der Waals surface area contributed by atoms with Gasteiger partial charge >= 0.3 is 0 Å². The number of rotatable bonds is 5. The first-order valence-corrected chi connectivity index (χ1v) is 7.27. The van der Waals surface area contributed by atoms with Crippen LogP contribution in [0.3, 0.4) is 0 Å². The second kappa shape index (κ2) is 6.08. The first-order chi connectivity index (χ1) is 7.94. The molecule has 0 bridgehead atoms. The van der Waals surface area contributed by atoms with E-state index >= 15 is 0 Å². The van der Waals surface area contributed by atoms with Crippen molar-refractivity contribution < 1.29 is 4.79 Å². The lowest BCUT2D eigenvalue weighted by Gasteiger charge is -2.41. The van der Waals surface area contributed by atoms with Crippen LogP contribution in [0.15, 0.2) is 0 Å². The third-order valence-electron chi connectivity index (χ3n) is 3.56. The molecule has 0 aromatic carbocycles. The maximum atomic E-state index is 12.9. The summed E-state index contributed by atoms with van der Waals surface area (Å²) >= 11 is 0. The van der Waals surface area contributed by atoms with Gasteiger partial charge in [-0.2, -0.15) is 0 Å². The minimum absolute atomic E-state index is 0.181. The van der Waals surface area contributed by atoms with E-state index in [-0.39, 0.29) is 22.9 Å². The predicted octanol–water partition coefficient (Wildman–Crippen LogP) is 4.48. The predicted molar refractivity (Wildman–Crippen MR) is 79.6 cm³/mol. The molecule has 0 fully saturated rings. The zero-order valence-electron chi connectivity index (χ0n) is 13.9. The molecule has 0 aromatic heterocycles. The molecule has 0 radical (unpaired) electrons. The fourth-order valence-electron chi connectivity index (χ4n) is 2.90. The molecule has 2 nitrogen and oxygen atoms in total. The molecular weight excluding hydrogens is 222 g/mol. The molecule has 0 saturated carbocycles. The van der Waals surface area contributed by atoms with E-state index in [1.165, 1.54) is 0 Å². The first kappa shape index (κ1) is 17.5. The number of carbonyl (C=O) groups is 1. The Morgan fingerprint density at radius 3 is 1.61 bits per heavy atom. The van der Waals surface area contributed by atoms with Crippen molar-refractivity contribution in [2.75, 3.05) is 0 Å². The van der Waals surface area contributed by atoms with Gasteiger partial charge in [0.2, 0.25) is 5.91 Å². The number of amides is 1. The normalized spacial score (nSPS) is 15.9. The molecule has 1 unspecified atom stereocenters. The van der Waals surface area contributed by atoms with Gasteiger partial charge in [0.15, 0.2) is 0 Å². The van der Waals surface area contributed by atoms with Gasteiger partial charge in [-0.25, -0.2) is 0 Å². The van der Waals surface area contributed by atoms with Gasteiger partial charge in [0.05, 0.1) is 0 Å². The van der Waals surface area contributed by atoms with E-state index in [9.17, 15) is 4.79 Å². The van der Waals surface area contributed by atoms with Crippen LogP contribution < -0.4 is 0 Å². The molecule has 0 aliphatic rings. The molecule has 1 amide bonds. The standard InChI is InChI=1S/C16H33NO/c1-10-16(9,11-15(6,7)8)14(18)17(12(2)3)13(4)5/h12-13H,10-11H2,1-9H3. The molecule has 0 aromatic rings. The fraction of sp³-hybridized carbons (Fsp3) is 0.938. The third kappa shape index (κ3) is 4.62. The van der Waals surface area contributed by atoms with Crippen LogP contribution in [0, 0.1) is 10.8 Å². The van der Waals surface area contributed by atoms with E-state index < -0.39 is 0 Å². The lowest BCUT2D eigenvalue weighted by molar-refractivity contribution is -0.147. The number of hydrogen-bond acceptors (Lipinski definition) is 1. The van der Waals surface area contributed by atoms with E-state index in [0.717, 1.165) is 12.8 Å². The number of nitrogens with zero attached hydrogens (tertiary/aromatic N) is 1. The maximum Gasteiger partial charge on any atom is 0.228 e. The molecule has 0 spiro atoms. The van der Waals surface area contributed by atoms with Crippen LogP contribution in [-0.2, 0) is 4.79 Å². The van der Waals surface area contributed by atoms with Crippen LogP contribution in [0.2, 0.25) is 0 Å². The zero-order valence-corrected chi connectivity index (χ0v) is 13.9. The molecular formula is C16H33NO. The second-order valence-corrected chi connectivity index (χ2v) is 7.55. The Hall–Kier alpha value is -0.530. The zero-order chi connectivity index (χ0) is 14.7. The van der Waals surface area contributed by atoms with Gasteiger partial charge in [0.25, 0.3) is 0 Å². The van der Waals surface area contributed by atoms with Crippen LogP contribution in [0.5, 0.6) is 0 Å². The molecule has 0 aliphatic carbocycles. The lowest BCUT2D eigenvalue weighted by atomic mass is 9.72. The summed E-state index contributed by atoms with van der Waals surface area (Å²) in [7, 11) is 0. The summed E-state index contributed by atoms with van der Waals surface area (Å²) in [5.41, 5.74) is -0.0627.